The van der Waals surface area contributed by atoms with Crippen molar-refractivity contribution in [3.63, 3.8) is 0 Å². The fraction of sp³-hybridized carbons (Fsp3) is 0.200. The molecule has 0 aromatic carbocycles. The Hall–Kier alpha value is -2.24. The van der Waals surface area contributed by atoms with Gasteiger partial charge in [-0.1, -0.05) is 48.6 Å². The molecule has 4 heterocycles. The van der Waals surface area contributed by atoms with Crippen molar-refractivity contribution in [3.05, 3.63) is 98.0 Å². The van der Waals surface area contributed by atoms with E-state index < -0.39 is 25.2 Å². The minimum atomic E-state index is -0.981. The number of hydrogen-bond donors (Lipinski definition) is 0. The SMILES string of the molecule is [O-]C1C=CC=CO1.[O-]C1C=CC=CO1.[O-]C1C=CC=CO1.[O-]C1C=CC=CO1.[Sn+4]. The van der Waals surface area contributed by atoms with Gasteiger partial charge in [0.05, 0.1) is 25.0 Å². The van der Waals surface area contributed by atoms with E-state index in [4.69, 9.17) is 0 Å². The average molecular weight is 507 g/mol. The first kappa shape index (κ1) is 26.8. The second kappa shape index (κ2) is 17.8. The minimum Gasteiger partial charge on any atom is -0.818 e. The third-order valence-electron chi connectivity index (χ3n) is 2.68. The molecule has 0 amide bonds. The summed E-state index contributed by atoms with van der Waals surface area (Å²) >= 11 is 0. The summed E-state index contributed by atoms with van der Waals surface area (Å²) in [5.41, 5.74) is 0. The van der Waals surface area contributed by atoms with E-state index in [-0.39, 0.29) is 23.9 Å². The van der Waals surface area contributed by atoms with Crippen molar-refractivity contribution in [3.8, 4) is 0 Å². The van der Waals surface area contributed by atoms with E-state index in [1.165, 1.54) is 49.4 Å². The molecule has 29 heavy (non-hydrogen) atoms. The van der Waals surface area contributed by atoms with Crippen LogP contribution in [-0.2, 0) is 18.9 Å². The maximum absolute atomic E-state index is 10.2. The van der Waals surface area contributed by atoms with Gasteiger partial charge in [0.25, 0.3) is 0 Å². The Balaban J connectivity index is 0.000000356. The van der Waals surface area contributed by atoms with Crippen molar-refractivity contribution in [2.24, 2.45) is 0 Å². The Kier molecular flexibility index (Phi) is 16.5. The summed E-state index contributed by atoms with van der Waals surface area (Å²) in [6.45, 7) is 0. The molecule has 0 saturated heterocycles. The van der Waals surface area contributed by atoms with Crippen molar-refractivity contribution >= 4 is 23.9 Å². The molecule has 0 saturated carbocycles. The summed E-state index contributed by atoms with van der Waals surface area (Å²) in [7, 11) is 0. The van der Waals surface area contributed by atoms with Gasteiger partial charge >= 0.3 is 23.9 Å². The number of allylic oxidation sites excluding steroid dienone is 8. The first-order valence-electron chi connectivity index (χ1n) is 8.16. The predicted molar refractivity (Wildman–Crippen MR) is 98.4 cm³/mol. The Morgan fingerprint density at radius 2 is 0.586 bits per heavy atom. The second-order valence-electron chi connectivity index (χ2n) is 4.87. The van der Waals surface area contributed by atoms with Gasteiger partial charge in [-0.05, 0) is 24.3 Å². The number of hydrogen-bond acceptors (Lipinski definition) is 8. The molecule has 0 aromatic rings. The van der Waals surface area contributed by atoms with Gasteiger partial charge in [0.2, 0.25) is 0 Å². The average Bonchev–Trinajstić information content (AvgIpc) is 2.72. The Morgan fingerprint density at radius 3 is 0.655 bits per heavy atom. The van der Waals surface area contributed by atoms with Gasteiger partial charge in [-0.2, -0.15) is 0 Å². The van der Waals surface area contributed by atoms with Crippen molar-refractivity contribution in [2.45, 2.75) is 25.2 Å². The van der Waals surface area contributed by atoms with Crippen LogP contribution in [0.5, 0.6) is 0 Å². The van der Waals surface area contributed by atoms with E-state index in [2.05, 4.69) is 18.9 Å². The van der Waals surface area contributed by atoms with Crippen LogP contribution < -0.4 is 20.4 Å². The fourth-order valence-electron chi connectivity index (χ4n) is 1.47. The van der Waals surface area contributed by atoms with E-state index in [0.29, 0.717) is 0 Å². The molecule has 0 radical (unpaired) electrons. The molecule has 0 aromatic heterocycles. The zero-order valence-electron chi connectivity index (χ0n) is 15.3. The topological polar surface area (TPSA) is 129 Å². The van der Waals surface area contributed by atoms with E-state index >= 15 is 0 Å². The molecule has 0 spiro atoms. The Morgan fingerprint density at radius 1 is 0.379 bits per heavy atom. The van der Waals surface area contributed by atoms with Gasteiger partial charge in [0, 0.05) is 25.2 Å². The van der Waals surface area contributed by atoms with Crippen LogP contribution in [0, 0.1) is 0 Å². The van der Waals surface area contributed by atoms with Gasteiger partial charge in [-0.25, -0.2) is 0 Å². The smallest absolute Gasteiger partial charge is 0.818 e. The third kappa shape index (κ3) is 16.4. The number of rotatable bonds is 0. The molecular weight excluding hydrogens is 487 g/mol. The molecule has 0 aliphatic carbocycles. The Bertz CT molecular complexity index is 537. The Labute approximate surface area is 186 Å². The van der Waals surface area contributed by atoms with Crippen LogP contribution in [0.1, 0.15) is 0 Å². The van der Waals surface area contributed by atoms with Gasteiger partial charge in [0.15, 0.2) is 0 Å². The first-order valence-corrected chi connectivity index (χ1v) is 8.16. The summed E-state index contributed by atoms with van der Waals surface area (Å²) < 4.78 is 17.8. The summed E-state index contributed by atoms with van der Waals surface area (Å²) in [5, 5.41) is 40.7. The van der Waals surface area contributed by atoms with Crippen LogP contribution in [0.25, 0.3) is 0 Å². The second-order valence-corrected chi connectivity index (χ2v) is 4.87. The van der Waals surface area contributed by atoms with E-state index in [1.54, 1.807) is 48.6 Å². The molecule has 4 aliphatic heterocycles. The summed E-state index contributed by atoms with van der Waals surface area (Å²) in [6.07, 6.45) is 20.8. The van der Waals surface area contributed by atoms with Crippen molar-refractivity contribution in [1.82, 2.24) is 0 Å². The predicted octanol–water partition coefficient (Wildman–Crippen LogP) is -1.29. The van der Waals surface area contributed by atoms with Crippen LogP contribution in [0.3, 0.4) is 0 Å². The van der Waals surface area contributed by atoms with E-state index in [0.717, 1.165) is 0 Å². The molecule has 9 heteroatoms. The molecule has 152 valence electrons. The van der Waals surface area contributed by atoms with Crippen molar-refractivity contribution in [1.29, 1.82) is 0 Å². The maximum atomic E-state index is 10.2. The molecule has 4 rings (SSSR count). The maximum Gasteiger partial charge on any atom is 4.00 e. The first-order chi connectivity index (χ1) is 13.6. The monoisotopic (exact) mass is 508 g/mol. The fourth-order valence-corrected chi connectivity index (χ4v) is 1.47. The quantitative estimate of drug-likeness (QED) is 0.371. The molecule has 4 atom stereocenters. The molecule has 8 nitrogen and oxygen atoms in total. The zero-order chi connectivity index (χ0) is 20.5. The molecule has 4 unspecified atom stereocenters. The van der Waals surface area contributed by atoms with Gasteiger partial charge < -0.3 is 39.4 Å². The normalized spacial score (nSPS) is 26.3. The van der Waals surface area contributed by atoms with Crippen LogP contribution in [0.15, 0.2) is 98.0 Å². The van der Waals surface area contributed by atoms with Crippen LogP contribution in [-0.4, -0.2) is 49.1 Å². The molecule has 4 aliphatic rings. The van der Waals surface area contributed by atoms with Gasteiger partial charge in [0.1, 0.15) is 0 Å². The van der Waals surface area contributed by atoms with Crippen LogP contribution >= 0.6 is 0 Å². The zero-order valence-corrected chi connectivity index (χ0v) is 18.2. The standard InChI is InChI=1S/4C5H5O2.Sn/c4*6-5-3-1-2-4-7-5;/h4*1-5H;/q4*-1;+4. The summed E-state index contributed by atoms with van der Waals surface area (Å²) in [6, 6.07) is 0. The van der Waals surface area contributed by atoms with E-state index in [1.807, 2.05) is 0 Å². The van der Waals surface area contributed by atoms with Crippen molar-refractivity contribution in [2.75, 3.05) is 0 Å². The van der Waals surface area contributed by atoms with E-state index in [9.17, 15) is 20.4 Å². The largest absolute Gasteiger partial charge is 4.00 e. The van der Waals surface area contributed by atoms with Crippen LogP contribution in [0.4, 0.5) is 0 Å². The van der Waals surface area contributed by atoms with Gasteiger partial charge in [-0.15, -0.1) is 0 Å². The van der Waals surface area contributed by atoms with Gasteiger partial charge in [-0.3, -0.25) is 0 Å². The third-order valence-corrected chi connectivity index (χ3v) is 2.68. The van der Waals surface area contributed by atoms with Crippen molar-refractivity contribution < 1.29 is 39.4 Å². The number of ether oxygens (including phenoxy) is 4. The minimum absolute atomic E-state index is 0. The molecule has 0 bridgehead atoms. The molecule has 0 fully saturated rings. The van der Waals surface area contributed by atoms with Crippen LogP contribution in [0.2, 0.25) is 0 Å². The summed E-state index contributed by atoms with van der Waals surface area (Å²) in [4.78, 5) is 0. The molecular formula is C20H20O8Sn. The molecule has 0 N–H and O–H groups in total. The summed E-state index contributed by atoms with van der Waals surface area (Å²) in [5.74, 6) is 0.